The molecule has 1 aliphatic heterocycles. The fourth-order valence-corrected chi connectivity index (χ4v) is 3.31. The first-order valence-corrected chi connectivity index (χ1v) is 5.99. The Hall–Kier alpha value is -1.16. The molecule has 0 aliphatic carbocycles. The molecule has 3 heterocycles. The minimum atomic E-state index is 0.161. The predicted molar refractivity (Wildman–Crippen MR) is 61.7 cm³/mol. The molecule has 0 radical (unpaired) electrons. The van der Waals surface area contributed by atoms with Crippen LogP contribution in [0.15, 0.2) is 4.79 Å². The topological polar surface area (TPSA) is 34.9 Å². The maximum Gasteiger partial charge on any atom is 0.262 e. The van der Waals surface area contributed by atoms with Gasteiger partial charge in [-0.2, -0.15) is 0 Å². The van der Waals surface area contributed by atoms with Gasteiger partial charge in [-0.05, 0) is 20.3 Å². The van der Waals surface area contributed by atoms with E-state index in [0.29, 0.717) is 0 Å². The third kappa shape index (κ3) is 1.11. The Morgan fingerprint density at radius 2 is 2.13 bits per heavy atom. The molecule has 0 amide bonds. The van der Waals surface area contributed by atoms with Gasteiger partial charge in [0.2, 0.25) is 0 Å². The van der Waals surface area contributed by atoms with Gasteiger partial charge >= 0.3 is 0 Å². The predicted octanol–water partition coefficient (Wildman–Crippen LogP) is 2.02. The van der Waals surface area contributed by atoms with Crippen LogP contribution in [0.5, 0.6) is 0 Å². The molecule has 0 bridgehead atoms. The second-order valence-electron chi connectivity index (χ2n) is 4.03. The van der Waals surface area contributed by atoms with Gasteiger partial charge in [-0.15, -0.1) is 11.3 Å². The van der Waals surface area contributed by atoms with Crippen molar-refractivity contribution in [2.75, 3.05) is 0 Å². The van der Waals surface area contributed by atoms with Gasteiger partial charge in [0, 0.05) is 22.7 Å². The van der Waals surface area contributed by atoms with E-state index in [2.05, 4.69) is 4.98 Å². The molecular weight excluding hydrogens is 208 g/mol. The van der Waals surface area contributed by atoms with Crippen LogP contribution in [0.4, 0.5) is 0 Å². The van der Waals surface area contributed by atoms with Crippen LogP contribution in [0.1, 0.15) is 22.0 Å². The minimum absolute atomic E-state index is 0.161. The number of fused-ring (bicyclic) bond motifs is 2. The molecule has 0 aromatic carbocycles. The van der Waals surface area contributed by atoms with E-state index in [1.807, 2.05) is 18.4 Å². The highest BCUT2D eigenvalue weighted by molar-refractivity contribution is 7.13. The summed E-state index contributed by atoms with van der Waals surface area (Å²) in [6.07, 6.45) is 2.00. The van der Waals surface area contributed by atoms with Gasteiger partial charge in [-0.25, -0.2) is 4.98 Å². The second-order valence-corrected chi connectivity index (χ2v) is 5.46. The lowest BCUT2D eigenvalue weighted by Gasteiger charge is -2.02. The highest BCUT2D eigenvalue weighted by Gasteiger charge is 2.19. The molecule has 0 fully saturated rings. The van der Waals surface area contributed by atoms with Crippen molar-refractivity contribution in [2.45, 2.75) is 33.2 Å². The first-order valence-electron chi connectivity index (χ1n) is 5.18. The summed E-state index contributed by atoms with van der Waals surface area (Å²) in [5.74, 6) is 0.966. The van der Waals surface area contributed by atoms with Gasteiger partial charge in [-0.1, -0.05) is 0 Å². The zero-order chi connectivity index (χ0) is 10.6. The molecule has 2 aromatic heterocycles. The Morgan fingerprint density at radius 3 is 2.93 bits per heavy atom. The van der Waals surface area contributed by atoms with E-state index in [0.717, 1.165) is 45.9 Å². The number of thiophene rings is 1. The number of aromatic nitrogens is 2. The zero-order valence-corrected chi connectivity index (χ0v) is 9.65. The quantitative estimate of drug-likeness (QED) is 0.681. The third-order valence-electron chi connectivity index (χ3n) is 3.02. The van der Waals surface area contributed by atoms with Gasteiger partial charge in [0.25, 0.3) is 5.56 Å². The van der Waals surface area contributed by atoms with Crippen molar-refractivity contribution in [2.24, 2.45) is 0 Å². The summed E-state index contributed by atoms with van der Waals surface area (Å²) in [6, 6.07) is 0. The van der Waals surface area contributed by atoms with Crippen molar-refractivity contribution >= 4 is 22.2 Å². The SMILES string of the molecule is Cc1sc(C)c2c(=O)n3c(nc12)CCC3. The van der Waals surface area contributed by atoms with Crippen LogP contribution in [-0.4, -0.2) is 9.55 Å². The van der Waals surface area contributed by atoms with Crippen LogP contribution in [-0.2, 0) is 13.0 Å². The zero-order valence-electron chi connectivity index (χ0n) is 8.83. The molecule has 0 spiro atoms. The van der Waals surface area contributed by atoms with Gasteiger partial charge in [0.05, 0.1) is 10.9 Å². The number of nitrogens with zero attached hydrogens (tertiary/aromatic N) is 2. The van der Waals surface area contributed by atoms with Crippen molar-refractivity contribution in [3.63, 3.8) is 0 Å². The van der Waals surface area contributed by atoms with Gasteiger partial charge in [-0.3, -0.25) is 9.36 Å². The summed E-state index contributed by atoms with van der Waals surface area (Å²) in [6.45, 7) is 4.88. The molecule has 3 nitrogen and oxygen atoms in total. The highest BCUT2D eigenvalue weighted by atomic mass is 32.1. The average molecular weight is 220 g/mol. The number of hydrogen-bond donors (Lipinski definition) is 0. The van der Waals surface area contributed by atoms with E-state index < -0.39 is 0 Å². The van der Waals surface area contributed by atoms with Crippen molar-refractivity contribution in [1.29, 1.82) is 0 Å². The summed E-state index contributed by atoms with van der Waals surface area (Å²) in [4.78, 5) is 19.1. The third-order valence-corrected chi connectivity index (χ3v) is 4.03. The van der Waals surface area contributed by atoms with E-state index in [-0.39, 0.29) is 5.56 Å². The normalized spacial score (nSPS) is 14.8. The van der Waals surface area contributed by atoms with Crippen molar-refractivity contribution in [3.05, 3.63) is 25.9 Å². The monoisotopic (exact) mass is 220 g/mol. The van der Waals surface area contributed by atoms with Crippen molar-refractivity contribution in [1.82, 2.24) is 9.55 Å². The summed E-state index contributed by atoms with van der Waals surface area (Å²) in [7, 11) is 0. The van der Waals surface area contributed by atoms with E-state index in [1.54, 1.807) is 11.3 Å². The van der Waals surface area contributed by atoms with Crippen LogP contribution >= 0.6 is 11.3 Å². The molecule has 2 aromatic rings. The standard InChI is InChI=1S/C11H12N2OS/c1-6-9-10(7(2)15-6)12-8-4-3-5-13(8)11(9)14/h3-5H2,1-2H3. The molecule has 4 heteroatoms. The molecular formula is C11H12N2OS. The lowest BCUT2D eigenvalue weighted by molar-refractivity contribution is 0.719. The molecule has 0 atom stereocenters. The number of hydrogen-bond acceptors (Lipinski definition) is 3. The second kappa shape index (κ2) is 2.92. The number of aryl methyl sites for hydroxylation is 3. The fraction of sp³-hybridized carbons (Fsp3) is 0.455. The van der Waals surface area contributed by atoms with Crippen LogP contribution in [0.3, 0.4) is 0 Å². The first-order chi connectivity index (χ1) is 7.18. The van der Waals surface area contributed by atoms with E-state index in [4.69, 9.17) is 0 Å². The molecule has 0 N–H and O–H groups in total. The highest BCUT2D eigenvalue weighted by Crippen LogP contribution is 2.27. The minimum Gasteiger partial charge on any atom is -0.296 e. The van der Waals surface area contributed by atoms with Gasteiger partial charge < -0.3 is 0 Å². The van der Waals surface area contributed by atoms with Gasteiger partial charge in [0.1, 0.15) is 5.82 Å². The van der Waals surface area contributed by atoms with E-state index in [1.165, 1.54) is 0 Å². The van der Waals surface area contributed by atoms with Crippen LogP contribution < -0.4 is 5.56 Å². The smallest absolute Gasteiger partial charge is 0.262 e. The molecule has 0 saturated heterocycles. The Labute approximate surface area is 91.4 Å². The Kier molecular flexibility index (Phi) is 1.77. The summed E-state index contributed by atoms with van der Waals surface area (Å²) in [5.41, 5.74) is 1.09. The fourth-order valence-electron chi connectivity index (χ4n) is 2.32. The lowest BCUT2D eigenvalue weighted by Crippen LogP contribution is -2.20. The molecule has 1 aliphatic rings. The molecule has 3 rings (SSSR count). The number of rotatable bonds is 0. The van der Waals surface area contributed by atoms with E-state index in [9.17, 15) is 4.79 Å². The van der Waals surface area contributed by atoms with Crippen molar-refractivity contribution < 1.29 is 0 Å². The largest absolute Gasteiger partial charge is 0.296 e. The van der Waals surface area contributed by atoms with E-state index >= 15 is 0 Å². The maximum absolute atomic E-state index is 12.2. The van der Waals surface area contributed by atoms with Crippen LogP contribution in [0.2, 0.25) is 0 Å². The van der Waals surface area contributed by atoms with Gasteiger partial charge in [0.15, 0.2) is 0 Å². The average Bonchev–Trinajstić information content (AvgIpc) is 2.73. The molecule has 0 unspecified atom stereocenters. The molecule has 78 valence electrons. The Bertz CT molecular complexity index is 609. The Balaban J connectivity index is 2.54. The first kappa shape index (κ1) is 9.09. The van der Waals surface area contributed by atoms with Crippen LogP contribution in [0.25, 0.3) is 10.9 Å². The Morgan fingerprint density at radius 1 is 1.33 bits per heavy atom. The van der Waals surface area contributed by atoms with Crippen molar-refractivity contribution in [3.8, 4) is 0 Å². The molecule has 0 saturated carbocycles. The summed E-state index contributed by atoms with van der Waals surface area (Å²) >= 11 is 1.67. The maximum atomic E-state index is 12.2. The molecule has 15 heavy (non-hydrogen) atoms. The summed E-state index contributed by atoms with van der Waals surface area (Å²) < 4.78 is 1.83. The lowest BCUT2D eigenvalue weighted by atomic mass is 10.3. The summed E-state index contributed by atoms with van der Waals surface area (Å²) in [5, 5.41) is 0.836. The van der Waals surface area contributed by atoms with Crippen LogP contribution in [0, 0.1) is 13.8 Å².